The Kier molecular flexibility index (Phi) is 4.91. The Morgan fingerprint density at radius 1 is 1.04 bits per heavy atom. The van der Waals surface area contributed by atoms with Gasteiger partial charge in [-0.25, -0.2) is 4.39 Å². The summed E-state index contributed by atoms with van der Waals surface area (Å²) in [6.07, 6.45) is 2.72. The molecule has 3 rings (SSSR count). The second kappa shape index (κ2) is 7.27. The van der Waals surface area contributed by atoms with Crippen molar-refractivity contribution in [1.82, 2.24) is 5.32 Å². The average Bonchev–Trinajstić information content (AvgIpc) is 3.08. The van der Waals surface area contributed by atoms with E-state index in [0.29, 0.717) is 12.1 Å². The van der Waals surface area contributed by atoms with Crippen molar-refractivity contribution < 1.29 is 9.18 Å². The first kappa shape index (κ1) is 15.5. The van der Waals surface area contributed by atoms with Crippen LogP contribution in [0.2, 0.25) is 0 Å². The predicted molar refractivity (Wildman–Crippen MR) is 89.8 cm³/mol. The summed E-state index contributed by atoms with van der Waals surface area (Å²) >= 11 is 0. The first-order valence-corrected chi connectivity index (χ1v) is 8.06. The summed E-state index contributed by atoms with van der Waals surface area (Å²) in [5, 5.41) is 2.88. The number of hydrogen-bond acceptors (Lipinski definition) is 2. The monoisotopic (exact) mass is 312 g/mol. The molecule has 2 aromatic rings. The molecule has 0 aliphatic carbocycles. The van der Waals surface area contributed by atoms with Crippen molar-refractivity contribution in [2.45, 2.75) is 25.8 Å². The van der Waals surface area contributed by atoms with Gasteiger partial charge in [0.1, 0.15) is 5.82 Å². The molecule has 23 heavy (non-hydrogen) atoms. The molecule has 0 saturated carbocycles. The fourth-order valence-corrected chi connectivity index (χ4v) is 2.90. The number of anilines is 1. The third kappa shape index (κ3) is 4.31. The summed E-state index contributed by atoms with van der Waals surface area (Å²) in [6, 6.07) is 14.5. The first-order valence-electron chi connectivity index (χ1n) is 8.06. The van der Waals surface area contributed by atoms with Gasteiger partial charge < -0.3 is 10.2 Å². The average molecular weight is 312 g/mol. The van der Waals surface area contributed by atoms with E-state index in [-0.39, 0.29) is 18.1 Å². The summed E-state index contributed by atoms with van der Waals surface area (Å²) < 4.78 is 13.1. The number of nitrogens with zero attached hydrogens (tertiary/aromatic N) is 1. The largest absolute Gasteiger partial charge is 0.372 e. The molecule has 1 fully saturated rings. The molecule has 0 unspecified atom stereocenters. The maximum absolute atomic E-state index is 13.1. The Balaban J connectivity index is 1.50. The van der Waals surface area contributed by atoms with Crippen LogP contribution in [0.5, 0.6) is 0 Å². The lowest BCUT2D eigenvalue weighted by Crippen LogP contribution is -2.24. The molecule has 0 radical (unpaired) electrons. The van der Waals surface area contributed by atoms with Gasteiger partial charge in [0.25, 0.3) is 0 Å². The zero-order valence-corrected chi connectivity index (χ0v) is 13.1. The van der Waals surface area contributed by atoms with Crippen molar-refractivity contribution in [2.75, 3.05) is 18.0 Å². The van der Waals surface area contributed by atoms with Crippen LogP contribution in [0.3, 0.4) is 0 Å². The molecular formula is C19H21FN2O. The maximum atomic E-state index is 13.1. The van der Waals surface area contributed by atoms with Gasteiger partial charge in [0, 0.05) is 25.3 Å². The van der Waals surface area contributed by atoms with Crippen LogP contribution >= 0.6 is 0 Å². The molecule has 1 amide bonds. The molecule has 1 aliphatic heterocycles. The summed E-state index contributed by atoms with van der Waals surface area (Å²) in [6.45, 7) is 2.75. The quantitative estimate of drug-likeness (QED) is 0.919. The fourth-order valence-electron chi connectivity index (χ4n) is 2.90. The molecule has 0 bridgehead atoms. The van der Waals surface area contributed by atoms with Gasteiger partial charge >= 0.3 is 0 Å². The maximum Gasteiger partial charge on any atom is 0.224 e. The molecule has 1 heterocycles. The molecule has 0 atom stereocenters. The molecular weight excluding hydrogens is 291 g/mol. The Morgan fingerprint density at radius 2 is 1.78 bits per heavy atom. The second-order valence-corrected chi connectivity index (χ2v) is 5.94. The number of carbonyl (C=O) groups is 1. The fraction of sp³-hybridized carbons (Fsp3) is 0.316. The minimum Gasteiger partial charge on any atom is -0.372 e. The van der Waals surface area contributed by atoms with E-state index in [1.807, 2.05) is 0 Å². The van der Waals surface area contributed by atoms with Gasteiger partial charge in [0.2, 0.25) is 5.91 Å². The third-order valence-electron chi connectivity index (χ3n) is 4.15. The summed E-state index contributed by atoms with van der Waals surface area (Å²) in [4.78, 5) is 14.3. The highest BCUT2D eigenvalue weighted by Gasteiger charge is 2.11. The molecule has 4 heteroatoms. The van der Waals surface area contributed by atoms with Crippen molar-refractivity contribution >= 4 is 11.6 Å². The number of amides is 1. The Bertz CT molecular complexity index is 663. The minimum atomic E-state index is -0.312. The van der Waals surface area contributed by atoms with Crippen LogP contribution in [0.4, 0.5) is 10.1 Å². The molecule has 1 saturated heterocycles. The number of nitrogens with one attached hydrogen (secondary N) is 1. The highest BCUT2D eigenvalue weighted by molar-refractivity contribution is 5.78. The van der Waals surface area contributed by atoms with Crippen LogP contribution < -0.4 is 10.2 Å². The lowest BCUT2D eigenvalue weighted by Gasteiger charge is -2.17. The van der Waals surface area contributed by atoms with Crippen LogP contribution in [0, 0.1) is 5.82 Å². The van der Waals surface area contributed by atoms with Gasteiger partial charge in [0.05, 0.1) is 6.42 Å². The summed E-state index contributed by atoms with van der Waals surface area (Å²) in [5.74, 6) is -0.410. The molecule has 3 nitrogen and oxygen atoms in total. The van der Waals surface area contributed by atoms with E-state index in [9.17, 15) is 9.18 Å². The molecule has 1 aliphatic rings. The molecule has 0 spiro atoms. The van der Waals surface area contributed by atoms with Gasteiger partial charge in [-0.05, 0) is 48.2 Å². The first-order chi connectivity index (χ1) is 11.2. The van der Waals surface area contributed by atoms with Crippen molar-refractivity contribution in [2.24, 2.45) is 0 Å². The zero-order valence-electron chi connectivity index (χ0n) is 13.1. The van der Waals surface area contributed by atoms with Crippen LogP contribution in [0.15, 0.2) is 48.5 Å². The molecule has 120 valence electrons. The SMILES string of the molecule is O=C(Cc1cccc(F)c1)NCc1ccc(N2CCCC2)cc1. The van der Waals surface area contributed by atoms with E-state index in [0.717, 1.165) is 18.7 Å². The Morgan fingerprint density at radius 3 is 2.48 bits per heavy atom. The van der Waals surface area contributed by atoms with E-state index >= 15 is 0 Å². The lowest BCUT2D eigenvalue weighted by atomic mass is 10.1. The van der Waals surface area contributed by atoms with E-state index in [2.05, 4.69) is 34.5 Å². The highest BCUT2D eigenvalue weighted by Crippen LogP contribution is 2.20. The van der Waals surface area contributed by atoms with Crippen molar-refractivity contribution in [3.05, 3.63) is 65.5 Å². The second-order valence-electron chi connectivity index (χ2n) is 5.94. The van der Waals surface area contributed by atoms with Crippen molar-refractivity contribution in [3.8, 4) is 0 Å². The van der Waals surface area contributed by atoms with E-state index in [1.54, 1.807) is 12.1 Å². The van der Waals surface area contributed by atoms with Crippen LogP contribution in [-0.4, -0.2) is 19.0 Å². The standard InChI is InChI=1S/C19H21FN2O/c20-17-5-3-4-16(12-17)13-19(23)21-14-15-6-8-18(9-7-15)22-10-1-2-11-22/h3-9,12H,1-2,10-11,13-14H2,(H,21,23). The van der Waals surface area contributed by atoms with Gasteiger partial charge in [-0.1, -0.05) is 24.3 Å². The lowest BCUT2D eigenvalue weighted by molar-refractivity contribution is -0.120. The zero-order chi connectivity index (χ0) is 16.1. The molecule has 0 aromatic heterocycles. The minimum absolute atomic E-state index is 0.0979. The smallest absolute Gasteiger partial charge is 0.224 e. The Labute approximate surface area is 136 Å². The van der Waals surface area contributed by atoms with E-state index in [1.165, 1.54) is 30.7 Å². The van der Waals surface area contributed by atoms with Crippen LogP contribution in [0.25, 0.3) is 0 Å². The summed E-state index contributed by atoms with van der Waals surface area (Å²) in [5.41, 5.74) is 3.00. The predicted octanol–water partition coefficient (Wildman–Crippen LogP) is 3.28. The summed E-state index contributed by atoms with van der Waals surface area (Å²) in [7, 11) is 0. The highest BCUT2D eigenvalue weighted by atomic mass is 19.1. The normalized spacial score (nSPS) is 14.0. The van der Waals surface area contributed by atoms with Crippen molar-refractivity contribution in [3.63, 3.8) is 0 Å². The van der Waals surface area contributed by atoms with Crippen LogP contribution in [0.1, 0.15) is 24.0 Å². The van der Waals surface area contributed by atoms with Crippen LogP contribution in [-0.2, 0) is 17.8 Å². The third-order valence-corrected chi connectivity index (χ3v) is 4.15. The number of benzene rings is 2. The number of carbonyl (C=O) groups excluding carboxylic acids is 1. The number of rotatable bonds is 5. The van der Waals surface area contributed by atoms with E-state index in [4.69, 9.17) is 0 Å². The number of halogens is 1. The Hall–Kier alpha value is -2.36. The molecule has 1 N–H and O–H groups in total. The number of hydrogen-bond donors (Lipinski definition) is 1. The topological polar surface area (TPSA) is 32.3 Å². The van der Waals surface area contributed by atoms with Gasteiger partial charge in [-0.3, -0.25) is 4.79 Å². The van der Waals surface area contributed by atoms with Gasteiger partial charge in [0.15, 0.2) is 0 Å². The molecule has 2 aromatic carbocycles. The van der Waals surface area contributed by atoms with Gasteiger partial charge in [-0.15, -0.1) is 0 Å². The van der Waals surface area contributed by atoms with Crippen molar-refractivity contribution in [1.29, 1.82) is 0 Å². The van der Waals surface area contributed by atoms with E-state index < -0.39 is 0 Å². The van der Waals surface area contributed by atoms with Gasteiger partial charge in [-0.2, -0.15) is 0 Å².